The molecule has 1 aromatic heterocycles. The van der Waals surface area contributed by atoms with Gasteiger partial charge in [-0.2, -0.15) is 0 Å². The van der Waals surface area contributed by atoms with Crippen LogP contribution in [0.5, 0.6) is 0 Å². The summed E-state index contributed by atoms with van der Waals surface area (Å²) in [4.78, 5) is 19.2. The second kappa shape index (κ2) is 3.52. The summed E-state index contributed by atoms with van der Waals surface area (Å²) in [5, 5.41) is 34.9. The van der Waals surface area contributed by atoms with Gasteiger partial charge in [0.15, 0.2) is 5.02 Å². The molecule has 0 aliphatic carbocycles. The minimum atomic E-state index is -0.943. The van der Waals surface area contributed by atoms with Gasteiger partial charge in [-0.1, -0.05) is 11.6 Å². The SMILES string of the molecule is O=[N+]([O-])c1cc([N+](=O)[O-])c2no[n+]([O-])c2c1Cl. The third-order valence-electron chi connectivity index (χ3n) is 1.96. The van der Waals surface area contributed by atoms with E-state index >= 15 is 0 Å². The summed E-state index contributed by atoms with van der Waals surface area (Å²) in [6.45, 7) is 0. The summed E-state index contributed by atoms with van der Waals surface area (Å²) in [6.07, 6.45) is 0. The minimum Gasteiger partial charge on any atom is -0.359 e. The Balaban J connectivity index is 2.97. The Morgan fingerprint density at radius 2 is 1.88 bits per heavy atom. The van der Waals surface area contributed by atoms with Crippen LogP contribution in [0.15, 0.2) is 10.7 Å². The van der Waals surface area contributed by atoms with Crippen molar-refractivity contribution in [2.24, 2.45) is 0 Å². The lowest BCUT2D eigenvalue weighted by Crippen LogP contribution is -2.23. The second-order valence-corrected chi connectivity index (χ2v) is 3.25. The first-order valence-electron chi connectivity index (χ1n) is 3.94. The van der Waals surface area contributed by atoms with Crippen LogP contribution in [0.25, 0.3) is 11.0 Å². The summed E-state index contributed by atoms with van der Waals surface area (Å²) < 4.78 is 4.12. The molecule has 88 valence electrons. The molecule has 2 aromatic rings. The Bertz CT molecular complexity index is 651. The van der Waals surface area contributed by atoms with Gasteiger partial charge in [-0.15, -0.1) is 0 Å². The maximum absolute atomic E-state index is 11.1. The first-order chi connectivity index (χ1) is 7.93. The summed E-state index contributed by atoms with van der Waals surface area (Å²) >= 11 is 5.57. The lowest BCUT2D eigenvalue weighted by atomic mass is 10.2. The number of rotatable bonds is 2. The molecule has 10 nitrogen and oxygen atoms in total. The van der Waals surface area contributed by atoms with Crippen LogP contribution in [-0.2, 0) is 0 Å². The van der Waals surface area contributed by atoms with Crippen molar-refractivity contribution in [3.05, 3.63) is 36.5 Å². The predicted octanol–water partition coefficient (Wildman–Crippen LogP) is 0.931. The van der Waals surface area contributed by atoms with Gasteiger partial charge in [-0.05, 0) is 4.90 Å². The first kappa shape index (κ1) is 11.0. The number of nitro benzene ring substituents is 2. The van der Waals surface area contributed by atoms with Crippen LogP contribution >= 0.6 is 11.6 Å². The second-order valence-electron chi connectivity index (χ2n) is 2.87. The number of halogens is 1. The lowest BCUT2D eigenvalue weighted by Gasteiger charge is -1.95. The quantitative estimate of drug-likeness (QED) is 0.444. The van der Waals surface area contributed by atoms with Gasteiger partial charge in [0.25, 0.3) is 11.2 Å². The van der Waals surface area contributed by atoms with E-state index in [1.54, 1.807) is 0 Å². The van der Waals surface area contributed by atoms with Gasteiger partial charge in [0.1, 0.15) is 6.07 Å². The van der Waals surface area contributed by atoms with E-state index < -0.39 is 37.3 Å². The molecule has 0 aliphatic rings. The van der Waals surface area contributed by atoms with Crippen LogP contribution in [0.3, 0.4) is 0 Å². The van der Waals surface area contributed by atoms with Gasteiger partial charge in [-0.3, -0.25) is 24.9 Å². The molecule has 1 heterocycles. The standard InChI is InChI=1S/C6HClN4O6/c7-4-2(9(12)13)1-3(10(14)15)5-6(4)11(16)17-8-5/h1H. The fourth-order valence-corrected chi connectivity index (χ4v) is 1.54. The summed E-state index contributed by atoms with van der Waals surface area (Å²) in [6, 6.07) is 0.618. The largest absolute Gasteiger partial charge is 0.359 e. The molecule has 0 saturated carbocycles. The van der Waals surface area contributed by atoms with E-state index in [4.69, 9.17) is 11.6 Å². The van der Waals surface area contributed by atoms with Gasteiger partial charge >= 0.3 is 11.2 Å². The zero-order chi connectivity index (χ0) is 12.7. The average Bonchev–Trinajstić information content (AvgIpc) is 2.61. The van der Waals surface area contributed by atoms with E-state index in [1.165, 1.54) is 0 Å². The molecule has 17 heavy (non-hydrogen) atoms. The van der Waals surface area contributed by atoms with E-state index in [0.29, 0.717) is 6.07 Å². The average molecular weight is 261 g/mol. The zero-order valence-electron chi connectivity index (χ0n) is 7.69. The molecule has 0 fully saturated rings. The maximum Gasteiger partial charge on any atom is 0.333 e. The third-order valence-corrected chi connectivity index (χ3v) is 2.33. The van der Waals surface area contributed by atoms with Crippen molar-refractivity contribution in [1.82, 2.24) is 5.16 Å². The number of benzene rings is 1. The molecule has 2 rings (SSSR count). The van der Waals surface area contributed by atoms with Crippen LogP contribution < -0.4 is 4.90 Å². The van der Waals surface area contributed by atoms with Crippen LogP contribution in [0.2, 0.25) is 5.02 Å². The van der Waals surface area contributed by atoms with E-state index in [-0.39, 0.29) is 4.90 Å². The van der Waals surface area contributed by atoms with E-state index in [9.17, 15) is 25.4 Å². The van der Waals surface area contributed by atoms with Crippen LogP contribution in [-0.4, -0.2) is 15.0 Å². The normalized spacial score (nSPS) is 10.6. The Labute approximate surface area is 95.8 Å². The molecule has 0 bridgehead atoms. The minimum absolute atomic E-state index is 0.225. The van der Waals surface area contributed by atoms with Gasteiger partial charge in [0, 0.05) is 0 Å². The molecule has 0 saturated heterocycles. The zero-order valence-corrected chi connectivity index (χ0v) is 8.45. The Kier molecular flexibility index (Phi) is 2.28. The van der Waals surface area contributed by atoms with E-state index in [1.807, 2.05) is 0 Å². The number of nitro groups is 2. The van der Waals surface area contributed by atoms with Crippen molar-refractivity contribution in [3.8, 4) is 0 Å². The topological polar surface area (TPSA) is 139 Å². The summed E-state index contributed by atoms with van der Waals surface area (Å²) in [5.41, 5.74) is -2.48. The monoisotopic (exact) mass is 260 g/mol. The highest BCUT2D eigenvalue weighted by Crippen LogP contribution is 2.36. The fraction of sp³-hybridized carbons (Fsp3) is 0. The van der Waals surface area contributed by atoms with Crippen molar-refractivity contribution >= 4 is 34.0 Å². The summed E-state index contributed by atoms with van der Waals surface area (Å²) in [5.74, 6) is 0. The van der Waals surface area contributed by atoms with Gasteiger partial charge in [0.2, 0.25) is 0 Å². The van der Waals surface area contributed by atoms with E-state index in [0.717, 1.165) is 0 Å². The van der Waals surface area contributed by atoms with Gasteiger partial charge in [0.05, 0.1) is 15.0 Å². The Morgan fingerprint density at radius 3 is 2.41 bits per heavy atom. The molecule has 11 heteroatoms. The highest BCUT2D eigenvalue weighted by molar-refractivity contribution is 6.37. The number of nitrogens with zero attached hydrogens (tertiary/aromatic N) is 4. The fourth-order valence-electron chi connectivity index (χ4n) is 1.26. The molecule has 0 aliphatic heterocycles. The number of aromatic nitrogens is 2. The molecular formula is C6HClN4O6. The number of hydrogen-bond acceptors (Lipinski definition) is 7. The molecule has 0 unspecified atom stereocenters. The van der Waals surface area contributed by atoms with Crippen molar-refractivity contribution in [2.45, 2.75) is 0 Å². The van der Waals surface area contributed by atoms with Crippen molar-refractivity contribution in [1.29, 1.82) is 0 Å². The van der Waals surface area contributed by atoms with Crippen molar-refractivity contribution in [3.63, 3.8) is 0 Å². The lowest BCUT2D eigenvalue weighted by molar-refractivity contribution is -0.782. The number of fused-ring (bicyclic) bond motifs is 1. The van der Waals surface area contributed by atoms with Crippen molar-refractivity contribution in [2.75, 3.05) is 0 Å². The van der Waals surface area contributed by atoms with Crippen LogP contribution in [0.1, 0.15) is 0 Å². The van der Waals surface area contributed by atoms with E-state index in [2.05, 4.69) is 9.79 Å². The van der Waals surface area contributed by atoms with Crippen molar-refractivity contribution < 1.29 is 19.4 Å². The summed E-state index contributed by atoms with van der Waals surface area (Å²) in [7, 11) is 0. The molecule has 0 spiro atoms. The number of non-ortho nitro benzene ring substituents is 1. The maximum atomic E-state index is 11.1. The Morgan fingerprint density at radius 1 is 1.29 bits per heavy atom. The smallest absolute Gasteiger partial charge is 0.333 e. The molecule has 0 N–H and O–H groups in total. The van der Waals surface area contributed by atoms with Crippen LogP contribution in [0.4, 0.5) is 11.4 Å². The Hall–Kier alpha value is -2.49. The van der Waals surface area contributed by atoms with Gasteiger partial charge < -0.3 is 5.21 Å². The molecular weight excluding hydrogens is 260 g/mol. The highest BCUT2D eigenvalue weighted by Gasteiger charge is 2.33. The first-order valence-corrected chi connectivity index (χ1v) is 4.32. The molecule has 0 amide bonds. The molecule has 0 radical (unpaired) electrons. The number of hydrogen-bond donors (Lipinski definition) is 0. The van der Waals surface area contributed by atoms with Gasteiger partial charge in [-0.25, -0.2) is 0 Å². The molecule has 1 aromatic carbocycles. The highest BCUT2D eigenvalue weighted by atomic mass is 35.5. The van der Waals surface area contributed by atoms with Crippen LogP contribution in [0, 0.1) is 25.4 Å². The molecule has 0 atom stereocenters. The predicted molar refractivity (Wildman–Crippen MR) is 51.3 cm³/mol. The third kappa shape index (κ3) is 1.50.